The highest BCUT2D eigenvalue weighted by molar-refractivity contribution is 6.49. The molecule has 186 valence electrons. The van der Waals surface area contributed by atoms with Gasteiger partial charge in [-0.3, -0.25) is 28.8 Å². The average Bonchev–Trinajstić information content (AvgIpc) is 3.21. The number of carbonyl (C=O) groups excluding carboxylic acids is 6. The summed E-state index contributed by atoms with van der Waals surface area (Å²) in [6.07, 6.45) is 2.94. The lowest BCUT2D eigenvalue weighted by atomic mass is 9.64. The Bertz CT molecular complexity index is 962. The van der Waals surface area contributed by atoms with Crippen LogP contribution in [0.15, 0.2) is 0 Å². The molecule has 0 saturated heterocycles. The smallest absolute Gasteiger partial charge is 0.234 e. The van der Waals surface area contributed by atoms with E-state index >= 15 is 0 Å². The number of hydrogen-bond donors (Lipinski definition) is 2. The van der Waals surface area contributed by atoms with Gasteiger partial charge in [0.2, 0.25) is 34.9 Å². The first-order valence-electron chi connectivity index (χ1n) is 12.3. The van der Waals surface area contributed by atoms with E-state index < -0.39 is 55.6 Å². The Kier molecular flexibility index (Phi) is 5.15. The van der Waals surface area contributed by atoms with Crippen molar-refractivity contribution in [1.82, 2.24) is 10.6 Å². The van der Waals surface area contributed by atoms with Gasteiger partial charge in [0, 0.05) is 23.9 Å². The van der Waals surface area contributed by atoms with Gasteiger partial charge in [-0.05, 0) is 49.4 Å². The summed E-state index contributed by atoms with van der Waals surface area (Å²) in [7, 11) is 0. The summed E-state index contributed by atoms with van der Waals surface area (Å²) < 4.78 is 0. The van der Waals surface area contributed by atoms with E-state index in [2.05, 4.69) is 10.6 Å². The highest BCUT2D eigenvalue weighted by Crippen LogP contribution is 2.70. The molecule has 0 aromatic carbocycles. The molecular formula is C26H36N2O6. The molecule has 0 aromatic rings. The lowest BCUT2D eigenvalue weighted by Gasteiger charge is -2.37. The maximum Gasteiger partial charge on any atom is 0.234 e. The van der Waals surface area contributed by atoms with Crippen molar-refractivity contribution in [2.24, 2.45) is 32.5 Å². The van der Waals surface area contributed by atoms with Crippen molar-refractivity contribution < 1.29 is 28.8 Å². The number of ketones is 4. The molecule has 4 aliphatic carbocycles. The summed E-state index contributed by atoms with van der Waals surface area (Å²) in [5.74, 6) is -2.79. The normalized spacial score (nSPS) is 39.1. The molecule has 4 saturated carbocycles. The van der Waals surface area contributed by atoms with E-state index in [-0.39, 0.29) is 11.8 Å². The van der Waals surface area contributed by atoms with Crippen molar-refractivity contribution in [2.45, 2.75) is 80.1 Å². The molecule has 0 aliphatic heterocycles. The second-order valence-electron chi connectivity index (χ2n) is 12.3. The highest BCUT2D eigenvalue weighted by atomic mass is 16.2. The largest absolute Gasteiger partial charge is 0.355 e. The summed E-state index contributed by atoms with van der Waals surface area (Å²) in [5.41, 5.74) is -5.67. The fraction of sp³-hybridized carbons (Fsp3) is 0.769. The van der Waals surface area contributed by atoms with Gasteiger partial charge in [-0.25, -0.2) is 0 Å². The Morgan fingerprint density at radius 1 is 0.588 bits per heavy atom. The third-order valence-corrected chi connectivity index (χ3v) is 11.0. The van der Waals surface area contributed by atoms with Gasteiger partial charge in [0.1, 0.15) is 10.8 Å². The third kappa shape index (κ3) is 2.40. The Morgan fingerprint density at radius 2 is 0.912 bits per heavy atom. The van der Waals surface area contributed by atoms with E-state index in [0.717, 1.165) is 0 Å². The van der Waals surface area contributed by atoms with E-state index in [1.54, 1.807) is 13.8 Å². The van der Waals surface area contributed by atoms with Crippen LogP contribution >= 0.6 is 0 Å². The Balaban J connectivity index is 1.30. The molecule has 8 heteroatoms. The first-order valence-corrected chi connectivity index (χ1v) is 12.3. The van der Waals surface area contributed by atoms with Crippen LogP contribution in [0, 0.1) is 32.5 Å². The van der Waals surface area contributed by atoms with Gasteiger partial charge in [0.15, 0.2) is 0 Å². The molecule has 2 amide bonds. The van der Waals surface area contributed by atoms with Crippen molar-refractivity contribution in [3.05, 3.63) is 0 Å². The number of Topliss-reactive ketones (excluding diaryl/α,β-unsaturated/α-hetero) is 4. The molecule has 4 rings (SSSR count). The number of hydrogen-bond acceptors (Lipinski definition) is 6. The maximum absolute atomic E-state index is 13.1. The highest BCUT2D eigenvalue weighted by Gasteiger charge is 2.78. The second-order valence-corrected chi connectivity index (χ2v) is 12.3. The predicted octanol–water partition coefficient (Wildman–Crippen LogP) is 1.93. The quantitative estimate of drug-likeness (QED) is 0.331. The number of amides is 2. The lowest BCUT2D eigenvalue weighted by molar-refractivity contribution is -0.150. The third-order valence-electron chi connectivity index (χ3n) is 11.0. The molecule has 0 spiro atoms. The molecule has 0 aromatic heterocycles. The molecule has 4 fully saturated rings. The molecule has 34 heavy (non-hydrogen) atoms. The minimum atomic E-state index is -1.30. The molecule has 4 bridgehead atoms. The van der Waals surface area contributed by atoms with Crippen LogP contribution in [0.25, 0.3) is 0 Å². The zero-order chi connectivity index (χ0) is 25.5. The van der Waals surface area contributed by atoms with Crippen LogP contribution in [-0.4, -0.2) is 48.0 Å². The van der Waals surface area contributed by atoms with Gasteiger partial charge in [0.25, 0.3) is 0 Å². The fourth-order valence-corrected chi connectivity index (χ4v) is 7.50. The number of rotatable bonds is 7. The first kappa shape index (κ1) is 24.7. The zero-order valence-corrected chi connectivity index (χ0v) is 21.1. The van der Waals surface area contributed by atoms with Gasteiger partial charge < -0.3 is 10.6 Å². The Labute approximate surface area is 200 Å². The van der Waals surface area contributed by atoms with Gasteiger partial charge in [-0.2, -0.15) is 0 Å². The maximum atomic E-state index is 13.1. The Morgan fingerprint density at radius 3 is 1.18 bits per heavy atom. The number of nitrogens with one attached hydrogen (secondary N) is 2. The van der Waals surface area contributed by atoms with E-state index in [4.69, 9.17) is 0 Å². The van der Waals surface area contributed by atoms with E-state index in [9.17, 15) is 28.8 Å². The van der Waals surface area contributed by atoms with Crippen LogP contribution in [-0.2, 0) is 28.8 Å². The van der Waals surface area contributed by atoms with Crippen molar-refractivity contribution in [3.63, 3.8) is 0 Å². The van der Waals surface area contributed by atoms with Gasteiger partial charge >= 0.3 is 0 Å². The summed E-state index contributed by atoms with van der Waals surface area (Å²) in [5, 5.41) is 5.69. The number of unbranched alkanes of at least 4 members (excludes halogenated alkanes) is 1. The summed E-state index contributed by atoms with van der Waals surface area (Å²) in [4.78, 5) is 76.8. The monoisotopic (exact) mass is 472 g/mol. The van der Waals surface area contributed by atoms with Gasteiger partial charge in [0.05, 0.1) is 0 Å². The van der Waals surface area contributed by atoms with E-state index in [1.807, 2.05) is 27.7 Å². The molecule has 0 radical (unpaired) electrons. The van der Waals surface area contributed by atoms with Crippen LogP contribution in [0.4, 0.5) is 0 Å². The molecule has 4 aliphatic rings. The van der Waals surface area contributed by atoms with Gasteiger partial charge in [-0.15, -0.1) is 0 Å². The molecule has 4 unspecified atom stereocenters. The van der Waals surface area contributed by atoms with E-state index in [1.165, 1.54) is 0 Å². The minimum Gasteiger partial charge on any atom is -0.355 e. The van der Waals surface area contributed by atoms with Crippen LogP contribution in [0.2, 0.25) is 0 Å². The molecule has 4 atom stereocenters. The fourth-order valence-electron chi connectivity index (χ4n) is 7.50. The number of carbonyl (C=O) groups is 6. The second kappa shape index (κ2) is 7.08. The van der Waals surface area contributed by atoms with Crippen LogP contribution in [0.1, 0.15) is 80.1 Å². The van der Waals surface area contributed by atoms with Crippen LogP contribution < -0.4 is 10.6 Å². The van der Waals surface area contributed by atoms with Crippen molar-refractivity contribution >= 4 is 34.9 Å². The molecule has 8 nitrogen and oxygen atoms in total. The SMILES string of the molecule is CC12CCC(C(=O)NCCCCNC(=O)C34CCC(C)(C(=O)C3=O)C4(C)C)(C(=O)C1=O)C2(C)C. The average molecular weight is 473 g/mol. The topological polar surface area (TPSA) is 126 Å². The van der Waals surface area contributed by atoms with Crippen molar-refractivity contribution in [1.29, 1.82) is 0 Å². The van der Waals surface area contributed by atoms with Crippen molar-refractivity contribution in [3.8, 4) is 0 Å². The predicted molar refractivity (Wildman–Crippen MR) is 122 cm³/mol. The summed E-state index contributed by atoms with van der Waals surface area (Å²) in [6.45, 7) is 11.5. The van der Waals surface area contributed by atoms with Crippen molar-refractivity contribution in [2.75, 3.05) is 13.1 Å². The first-order chi connectivity index (χ1) is 15.6. The lowest BCUT2D eigenvalue weighted by Crippen LogP contribution is -2.51. The van der Waals surface area contributed by atoms with Crippen LogP contribution in [0.3, 0.4) is 0 Å². The zero-order valence-electron chi connectivity index (χ0n) is 21.1. The Hall–Kier alpha value is -2.38. The van der Waals surface area contributed by atoms with Gasteiger partial charge in [-0.1, -0.05) is 41.5 Å². The van der Waals surface area contributed by atoms with Crippen LogP contribution in [0.5, 0.6) is 0 Å². The molecule has 0 heterocycles. The minimum absolute atomic E-state index is 0.316. The summed E-state index contributed by atoms with van der Waals surface area (Å²) in [6, 6.07) is 0. The molecular weight excluding hydrogens is 436 g/mol. The number of fused-ring (bicyclic) bond motifs is 4. The standard InChI is InChI=1S/C26H36N2O6/c1-21(2)23(5)9-11-25(21,17(31)15(23)29)19(33)27-13-7-8-14-28-20(34)26-12-10-24(6,22(26,3)4)16(30)18(26)32/h7-14H2,1-6H3,(H,27,33)(H,28,34). The summed E-state index contributed by atoms with van der Waals surface area (Å²) >= 11 is 0. The molecule has 2 N–H and O–H groups in total. The van der Waals surface area contributed by atoms with E-state index in [0.29, 0.717) is 51.6 Å².